The molecule has 0 N–H and O–H groups in total. The van der Waals surface area contributed by atoms with E-state index in [4.69, 9.17) is 11.6 Å². The van der Waals surface area contributed by atoms with E-state index >= 15 is 0 Å². The number of rotatable bonds is 1. The van der Waals surface area contributed by atoms with E-state index in [2.05, 4.69) is 15.9 Å². The number of halogens is 2. The van der Waals surface area contributed by atoms with Crippen LogP contribution in [0, 0.1) is 0 Å². The van der Waals surface area contributed by atoms with Crippen LogP contribution < -0.4 is 4.90 Å². The van der Waals surface area contributed by atoms with Crippen LogP contribution in [0.15, 0.2) is 11.4 Å². The molecule has 0 bridgehead atoms. The van der Waals surface area contributed by atoms with Gasteiger partial charge in [-0.1, -0.05) is 27.5 Å². The number of carbonyl (C=O) groups is 2. The van der Waals surface area contributed by atoms with E-state index in [1.165, 1.54) is 11.3 Å². The molecular formula is C10H9BrClNO2S. The van der Waals surface area contributed by atoms with Crippen LogP contribution >= 0.6 is 38.9 Å². The lowest BCUT2D eigenvalue weighted by Crippen LogP contribution is -2.52. The van der Waals surface area contributed by atoms with Gasteiger partial charge >= 0.3 is 0 Å². The van der Waals surface area contributed by atoms with Crippen LogP contribution in [-0.4, -0.2) is 22.6 Å². The summed E-state index contributed by atoms with van der Waals surface area (Å²) in [6.07, 6.45) is -0.0610. The van der Waals surface area contributed by atoms with E-state index in [-0.39, 0.29) is 29.0 Å². The molecule has 1 aromatic heterocycles. The van der Waals surface area contributed by atoms with Crippen LogP contribution in [0.2, 0.25) is 5.02 Å². The Bertz CT molecular complexity index is 448. The maximum Gasteiger partial charge on any atom is 0.235 e. The van der Waals surface area contributed by atoms with Crippen molar-refractivity contribution in [2.75, 3.05) is 4.90 Å². The number of hydrogen-bond acceptors (Lipinski definition) is 3. The normalized spacial score (nSPS) is 26.3. The third-order valence-electron chi connectivity index (χ3n) is 2.55. The summed E-state index contributed by atoms with van der Waals surface area (Å²) in [7, 11) is 0. The third kappa shape index (κ3) is 1.92. The minimum absolute atomic E-state index is 0.0610. The largest absolute Gasteiger partial charge is 0.298 e. The highest BCUT2D eigenvalue weighted by atomic mass is 79.9. The summed E-state index contributed by atoms with van der Waals surface area (Å²) in [5.41, 5.74) is 0. The predicted octanol–water partition coefficient (Wildman–Crippen LogP) is 2.86. The summed E-state index contributed by atoms with van der Waals surface area (Å²) in [5, 5.41) is 3.10. The molecule has 0 spiro atoms. The third-order valence-corrected chi connectivity index (χ3v) is 5.15. The molecule has 2 rings (SSSR count). The zero-order chi connectivity index (χ0) is 11.9. The Morgan fingerprint density at radius 3 is 2.81 bits per heavy atom. The van der Waals surface area contributed by atoms with E-state index in [0.717, 1.165) is 5.00 Å². The van der Waals surface area contributed by atoms with E-state index < -0.39 is 0 Å². The molecule has 86 valence electrons. The van der Waals surface area contributed by atoms with E-state index in [0.29, 0.717) is 5.02 Å². The number of amides is 1. The van der Waals surface area contributed by atoms with Gasteiger partial charge in [0.15, 0.2) is 5.78 Å². The van der Waals surface area contributed by atoms with Crippen LogP contribution in [0.1, 0.15) is 13.3 Å². The number of anilines is 1. The van der Waals surface area contributed by atoms with Crippen molar-refractivity contribution in [3.05, 3.63) is 16.5 Å². The minimum atomic E-state index is -0.316. The van der Waals surface area contributed by atoms with Crippen LogP contribution in [0.5, 0.6) is 0 Å². The van der Waals surface area contributed by atoms with Gasteiger partial charge in [0.25, 0.3) is 0 Å². The van der Waals surface area contributed by atoms with Gasteiger partial charge in [0, 0.05) is 0 Å². The fourth-order valence-corrected chi connectivity index (χ4v) is 3.37. The maximum absolute atomic E-state index is 11.8. The minimum Gasteiger partial charge on any atom is -0.298 e. The Morgan fingerprint density at radius 2 is 2.25 bits per heavy atom. The molecule has 1 fully saturated rings. The van der Waals surface area contributed by atoms with Gasteiger partial charge in [-0.25, -0.2) is 0 Å². The number of ketones is 1. The van der Waals surface area contributed by atoms with Gasteiger partial charge in [0.05, 0.1) is 22.3 Å². The number of alkyl halides is 1. The molecule has 2 unspecified atom stereocenters. The van der Waals surface area contributed by atoms with Crippen molar-refractivity contribution in [3.8, 4) is 0 Å². The highest BCUT2D eigenvalue weighted by molar-refractivity contribution is 9.10. The van der Waals surface area contributed by atoms with Crippen molar-refractivity contribution in [2.24, 2.45) is 0 Å². The first kappa shape index (κ1) is 12.1. The van der Waals surface area contributed by atoms with Crippen LogP contribution in [0.3, 0.4) is 0 Å². The molecule has 0 aliphatic carbocycles. The summed E-state index contributed by atoms with van der Waals surface area (Å²) in [6.45, 7) is 1.84. The second-order valence-electron chi connectivity index (χ2n) is 3.62. The van der Waals surface area contributed by atoms with Gasteiger partial charge in [-0.05, 0) is 18.4 Å². The van der Waals surface area contributed by atoms with Gasteiger partial charge in [-0.2, -0.15) is 0 Å². The van der Waals surface area contributed by atoms with Gasteiger partial charge < -0.3 is 0 Å². The number of piperidine rings is 1. The van der Waals surface area contributed by atoms with Crippen molar-refractivity contribution in [2.45, 2.75) is 24.2 Å². The van der Waals surface area contributed by atoms with Crippen LogP contribution in [0.4, 0.5) is 5.00 Å². The molecule has 1 amide bonds. The van der Waals surface area contributed by atoms with Gasteiger partial charge in [0.2, 0.25) is 5.91 Å². The monoisotopic (exact) mass is 321 g/mol. The Kier molecular flexibility index (Phi) is 3.37. The maximum atomic E-state index is 11.8. The highest BCUT2D eigenvalue weighted by Crippen LogP contribution is 2.37. The van der Waals surface area contributed by atoms with Crippen molar-refractivity contribution in [1.82, 2.24) is 0 Å². The molecule has 0 saturated carbocycles. The fourth-order valence-electron chi connectivity index (χ4n) is 1.71. The number of hydrogen-bond donors (Lipinski definition) is 0. The molecule has 16 heavy (non-hydrogen) atoms. The standard InChI is InChI=1S/C10H9BrClNO2S/c1-5-9(11)7(14)4-8(15)13(5)10-6(12)2-3-16-10/h2-3,5,9H,4H2,1H3. The van der Waals surface area contributed by atoms with Gasteiger partial charge in [-0.15, -0.1) is 11.3 Å². The lowest BCUT2D eigenvalue weighted by molar-refractivity contribution is -0.129. The second-order valence-corrected chi connectivity index (χ2v) is 5.91. The number of nitrogens with zero attached hydrogens (tertiary/aromatic N) is 1. The summed E-state index contributed by atoms with van der Waals surface area (Å²) < 4.78 is 0. The first-order chi connectivity index (χ1) is 7.52. The molecule has 1 aliphatic heterocycles. The lowest BCUT2D eigenvalue weighted by atomic mass is 10.0. The molecule has 0 aromatic carbocycles. The molecule has 2 heterocycles. The first-order valence-corrected chi connectivity index (χ1v) is 6.91. The molecule has 0 radical (unpaired) electrons. The zero-order valence-electron chi connectivity index (χ0n) is 8.44. The van der Waals surface area contributed by atoms with Crippen molar-refractivity contribution < 1.29 is 9.59 Å². The number of thiophene rings is 1. The molecule has 3 nitrogen and oxygen atoms in total. The van der Waals surface area contributed by atoms with E-state index in [9.17, 15) is 9.59 Å². The Balaban J connectivity index is 2.37. The fraction of sp³-hybridized carbons (Fsp3) is 0.400. The van der Waals surface area contributed by atoms with Crippen molar-refractivity contribution in [3.63, 3.8) is 0 Å². The van der Waals surface area contributed by atoms with Gasteiger partial charge in [0.1, 0.15) is 5.00 Å². The quantitative estimate of drug-likeness (QED) is 0.589. The Hall–Kier alpha value is -0.390. The topological polar surface area (TPSA) is 37.4 Å². The SMILES string of the molecule is CC1C(Br)C(=O)CC(=O)N1c1sccc1Cl. The summed E-state index contributed by atoms with van der Waals surface area (Å²) in [5.74, 6) is -0.251. The zero-order valence-corrected chi connectivity index (χ0v) is 11.6. The molecule has 1 saturated heterocycles. The second kappa shape index (κ2) is 4.47. The summed E-state index contributed by atoms with van der Waals surface area (Å²) >= 11 is 10.7. The van der Waals surface area contributed by atoms with E-state index in [1.807, 2.05) is 12.3 Å². The van der Waals surface area contributed by atoms with Crippen molar-refractivity contribution in [1.29, 1.82) is 0 Å². The lowest BCUT2D eigenvalue weighted by Gasteiger charge is -2.35. The summed E-state index contributed by atoms with van der Waals surface area (Å²) in [4.78, 5) is 24.6. The molecule has 1 aliphatic rings. The Morgan fingerprint density at radius 1 is 1.56 bits per heavy atom. The van der Waals surface area contributed by atoms with Gasteiger partial charge in [-0.3, -0.25) is 14.5 Å². The first-order valence-electron chi connectivity index (χ1n) is 4.74. The highest BCUT2D eigenvalue weighted by Gasteiger charge is 2.39. The molecule has 1 aromatic rings. The Labute approximate surface area is 111 Å². The molecule has 6 heteroatoms. The summed E-state index contributed by atoms with van der Waals surface area (Å²) in [6, 6.07) is 1.55. The number of Topliss-reactive ketones (excluding diaryl/α,β-unsaturated/α-hetero) is 1. The predicted molar refractivity (Wildman–Crippen MR) is 68.6 cm³/mol. The average molecular weight is 323 g/mol. The average Bonchev–Trinajstić information content (AvgIpc) is 2.62. The smallest absolute Gasteiger partial charge is 0.235 e. The number of carbonyl (C=O) groups excluding carboxylic acids is 2. The van der Waals surface area contributed by atoms with Crippen LogP contribution in [-0.2, 0) is 9.59 Å². The molecular weight excluding hydrogens is 314 g/mol. The van der Waals surface area contributed by atoms with Crippen molar-refractivity contribution >= 4 is 55.6 Å². The van der Waals surface area contributed by atoms with Crippen LogP contribution in [0.25, 0.3) is 0 Å². The van der Waals surface area contributed by atoms with E-state index in [1.54, 1.807) is 11.0 Å². The molecule has 2 atom stereocenters.